The molecule has 1 aromatic rings. The van der Waals surface area contributed by atoms with Crippen molar-refractivity contribution in [3.05, 3.63) is 27.7 Å². The van der Waals surface area contributed by atoms with Crippen molar-refractivity contribution in [3.8, 4) is 0 Å². The number of ether oxygens (including phenoxy) is 1. The van der Waals surface area contributed by atoms with Crippen LogP contribution in [0, 0.1) is 0 Å². The number of nitrogens with zero attached hydrogens (tertiary/aromatic N) is 2. The summed E-state index contributed by atoms with van der Waals surface area (Å²) in [5.74, 6) is -0.245. The molecule has 1 heterocycles. The third kappa shape index (κ3) is 5.16. The second kappa shape index (κ2) is 7.70. The van der Waals surface area contributed by atoms with E-state index in [-0.39, 0.29) is 27.6 Å². The van der Waals surface area contributed by atoms with Gasteiger partial charge in [0.05, 0.1) is 15.6 Å². The molecular formula is C17H23Cl2N3O3. The molecule has 1 fully saturated rings. The first-order valence-corrected chi connectivity index (χ1v) is 8.86. The van der Waals surface area contributed by atoms with Crippen molar-refractivity contribution in [2.45, 2.75) is 32.8 Å². The van der Waals surface area contributed by atoms with E-state index in [9.17, 15) is 9.59 Å². The maximum atomic E-state index is 12.8. The lowest BCUT2D eigenvalue weighted by atomic mass is 10.1. The quantitative estimate of drug-likeness (QED) is 0.745. The molecule has 2 rings (SSSR count). The summed E-state index contributed by atoms with van der Waals surface area (Å²) in [6, 6.07) is 3.03. The molecule has 1 aliphatic heterocycles. The zero-order chi connectivity index (χ0) is 18.8. The Labute approximate surface area is 157 Å². The van der Waals surface area contributed by atoms with Crippen LogP contribution in [0.3, 0.4) is 0 Å². The number of nitrogens with two attached hydrogens (primary N) is 1. The van der Waals surface area contributed by atoms with Crippen LogP contribution in [0.1, 0.15) is 37.6 Å². The lowest BCUT2D eigenvalue weighted by molar-refractivity contribution is 0.0255. The maximum Gasteiger partial charge on any atom is 0.410 e. The summed E-state index contributed by atoms with van der Waals surface area (Å²) in [6.07, 6.45) is 0.283. The monoisotopic (exact) mass is 387 g/mol. The number of benzene rings is 1. The predicted octanol–water partition coefficient (Wildman–Crippen LogP) is 3.66. The molecule has 0 bridgehead atoms. The summed E-state index contributed by atoms with van der Waals surface area (Å²) in [6.45, 7) is 7.30. The molecule has 1 saturated heterocycles. The summed E-state index contributed by atoms with van der Waals surface area (Å²) in [4.78, 5) is 28.2. The summed E-state index contributed by atoms with van der Waals surface area (Å²) in [5.41, 5.74) is 5.87. The molecule has 138 valence electrons. The van der Waals surface area contributed by atoms with Gasteiger partial charge in [0.25, 0.3) is 5.91 Å². The van der Waals surface area contributed by atoms with E-state index >= 15 is 0 Å². The Kier molecular flexibility index (Phi) is 6.06. The topological polar surface area (TPSA) is 75.9 Å². The molecule has 0 saturated carbocycles. The van der Waals surface area contributed by atoms with Gasteiger partial charge in [-0.15, -0.1) is 0 Å². The first kappa shape index (κ1) is 19.7. The van der Waals surface area contributed by atoms with Gasteiger partial charge in [0.15, 0.2) is 0 Å². The minimum Gasteiger partial charge on any atom is -0.444 e. The van der Waals surface area contributed by atoms with Crippen LogP contribution in [0.5, 0.6) is 0 Å². The summed E-state index contributed by atoms with van der Waals surface area (Å²) < 4.78 is 5.39. The second-order valence-corrected chi connectivity index (χ2v) is 7.76. The van der Waals surface area contributed by atoms with Gasteiger partial charge in [-0.3, -0.25) is 4.79 Å². The molecule has 2 N–H and O–H groups in total. The number of carbonyl (C=O) groups excluding carboxylic acids is 2. The van der Waals surface area contributed by atoms with Crippen molar-refractivity contribution in [3.63, 3.8) is 0 Å². The van der Waals surface area contributed by atoms with Crippen molar-refractivity contribution in [2.75, 3.05) is 31.9 Å². The van der Waals surface area contributed by atoms with E-state index in [0.717, 1.165) is 0 Å². The fourth-order valence-electron chi connectivity index (χ4n) is 2.57. The van der Waals surface area contributed by atoms with Crippen LogP contribution in [0.25, 0.3) is 0 Å². The van der Waals surface area contributed by atoms with Gasteiger partial charge >= 0.3 is 6.09 Å². The van der Waals surface area contributed by atoms with Crippen molar-refractivity contribution >= 4 is 40.9 Å². The van der Waals surface area contributed by atoms with Crippen molar-refractivity contribution in [1.82, 2.24) is 9.80 Å². The number of anilines is 1. The van der Waals surface area contributed by atoms with E-state index in [1.54, 1.807) is 9.80 Å². The Morgan fingerprint density at radius 1 is 1.08 bits per heavy atom. The smallest absolute Gasteiger partial charge is 0.410 e. The number of hydrogen-bond acceptors (Lipinski definition) is 4. The zero-order valence-electron chi connectivity index (χ0n) is 14.6. The van der Waals surface area contributed by atoms with Gasteiger partial charge in [0.1, 0.15) is 5.60 Å². The number of amides is 2. The molecule has 1 aliphatic rings. The molecule has 0 unspecified atom stereocenters. The average molecular weight is 388 g/mol. The average Bonchev–Trinajstić information content (AvgIpc) is 2.74. The zero-order valence-corrected chi connectivity index (χ0v) is 16.2. The van der Waals surface area contributed by atoms with E-state index < -0.39 is 5.60 Å². The minimum atomic E-state index is -0.551. The van der Waals surface area contributed by atoms with Crippen LogP contribution in [-0.2, 0) is 4.74 Å². The molecule has 2 amide bonds. The van der Waals surface area contributed by atoms with Gasteiger partial charge in [-0.1, -0.05) is 23.2 Å². The van der Waals surface area contributed by atoms with E-state index in [1.807, 2.05) is 20.8 Å². The Morgan fingerprint density at radius 2 is 1.68 bits per heavy atom. The molecule has 0 atom stereocenters. The predicted molar refractivity (Wildman–Crippen MR) is 99.2 cm³/mol. The second-order valence-electron chi connectivity index (χ2n) is 6.98. The number of carbonyl (C=O) groups is 2. The third-order valence-electron chi connectivity index (χ3n) is 3.72. The van der Waals surface area contributed by atoms with Crippen LogP contribution in [-0.4, -0.2) is 53.6 Å². The maximum absolute atomic E-state index is 12.8. The lowest BCUT2D eigenvalue weighted by Crippen LogP contribution is -2.40. The normalized spacial score (nSPS) is 15.7. The van der Waals surface area contributed by atoms with Crippen LogP contribution < -0.4 is 5.73 Å². The Morgan fingerprint density at radius 3 is 2.32 bits per heavy atom. The first-order valence-electron chi connectivity index (χ1n) is 8.10. The Hall–Kier alpha value is -1.66. The molecule has 6 nitrogen and oxygen atoms in total. The van der Waals surface area contributed by atoms with E-state index in [2.05, 4.69) is 0 Å². The number of rotatable bonds is 1. The van der Waals surface area contributed by atoms with Crippen LogP contribution in [0.15, 0.2) is 12.1 Å². The summed E-state index contributed by atoms with van der Waals surface area (Å²) in [7, 11) is 0. The van der Waals surface area contributed by atoms with Gasteiger partial charge in [-0.25, -0.2) is 4.79 Å². The molecule has 25 heavy (non-hydrogen) atoms. The highest BCUT2D eigenvalue weighted by Gasteiger charge is 2.27. The van der Waals surface area contributed by atoms with Gasteiger partial charge in [-0.2, -0.15) is 0 Å². The van der Waals surface area contributed by atoms with E-state index in [0.29, 0.717) is 38.3 Å². The standard InChI is InChI=1S/C17H23Cl2N3O3/c1-17(2,3)25-16(24)22-6-4-5-21(7-8-22)15(23)12-9-11(20)10-13(18)14(12)19/h9-10H,4-8,20H2,1-3H3. The van der Waals surface area contributed by atoms with Gasteiger partial charge in [0, 0.05) is 31.9 Å². The molecule has 0 radical (unpaired) electrons. The highest BCUT2D eigenvalue weighted by atomic mass is 35.5. The third-order valence-corrected chi connectivity index (χ3v) is 4.52. The fraction of sp³-hybridized carbons (Fsp3) is 0.529. The van der Waals surface area contributed by atoms with Crippen LogP contribution in [0.4, 0.5) is 10.5 Å². The van der Waals surface area contributed by atoms with Crippen molar-refractivity contribution in [1.29, 1.82) is 0 Å². The van der Waals surface area contributed by atoms with E-state index in [4.69, 9.17) is 33.7 Å². The summed E-state index contributed by atoms with van der Waals surface area (Å²) >= 11 is 12.2. The Bertz CT molecular complexity index is 674. The highest BCUT2D eigenvalue weighted by molar-refractivity contribution is 6.44. The highest BCUT2D eigenvalue weighted by Crippen LogP contribution is 2.30. The lowest BCUT2D eigenvalue weighted by Gasteiger charge is -2.26. The molecule has 8 heteroatoms. The number of nitrogen functional groups attached to an aromatic ring is 1. The molecular weight excluding hydrogens is 365 g/mol. The fourth-order valence-corrected chi connectivity index (χ4v) is 2.98. The van der Waals surface area contributed by atoms with Crippen LogP contribution in [0.2, 0.25) is 10.0 Å². The van der Waals surface area contributed by atoms with Crippen LogP contribution >= 0.6 is 23.2 Å². The minimum absolute atomic E-state index is 0.189. The van der Waals surface area contributed by atoms with Crippen molar-refractivity contribution in [2.24, 2.45) is 0 Å². The SMILES string of the molecule is CC(C)(C)OC(=O)N1CCCN(C(=O)c2cc(N)cc(Cl)c2Cl)CC1. The molecule has 0 aromatic heterocycles. The Balaban J connectivity index is 2.08. The molecule has 1 aromatic carbocycles. The molecule has 0 spiro atoms. The summed E-state index contributed by atoms with van der Waals surface area (Å²) in [5, 5.41) is 0.435. The van der Waals surface area contributed by atoms with Crippen molar-refractivity contribution < 1.29 is 14.3 Å². The largest absolute Gasteiger partial charge is 0.444 e. The van der Waals surface area contributed by atoms with Gasteiger partial charge in [0.2, 0.25) is 0 Å². The molecule has 0 aliphatic carbocycles. The van der Waals surface area contributed by atoms with Gasteiger partial charge in [-0.05, 0) is 39.3 Å². The van der Waals surface area contributed by atoms with E-state index in [1.165, 1.54) is 12.1 Å². The first-order chi connectivity index (χ1) is 11.6. The number of halogens is 2. The number of hydrogen-bond donors (Lipinski definition) is 1. The van der Waals surface area contributed by atoms with Gasteiger partial charge < -0.3 is 20.3 Å².